The van der Waals surface area contributed by atoms with Gasteiger partial charge in [0.2, 0.25) is 6.10 Å². The predicted octanol–water partition coefficient (Wildman–Crippen LogP) is 3.68. The number of fused-ring (bicyclic) bond motifs is 1. The highest BCUT2D eigenvalue weighted by Crippen LogP contribution is 2.37. The molecule has 0 fully saturated rings. The van der Waals surface area contributed by atoms with Crippen LogP contribution in [-0.2, 0) is 4.79 Å². The van der Waals surface area contributed by atoms with Gasteiger partial charge in [-0.25, -0.2) is 0 Å². The van der Waals surface area contributed by atoms with Gasteiger partial charge in [0.25, 0.3) is 11.8 Å². The van der Waals surface area contributed by atoms with Crippen LogP contribution in [0.5, 0.6) is 11.5 Å². The summed E-state index contributed by atoms with van der Waals surface area (Å²) in [4.78, 5) is 25.6. The standard InChI is InChI=1S/C21H18N2O4S/c1-12-18(27-16-10-6-5-9-15(16)26-12)20(25)23-21-14(19(22)24)11-17(28-21)13-7-3-2-4-8-13/h2-12,18H,1H3,(H2,22,24)(H,23,25)/t12-,18+/m0/s1. The molecular weight excluding hydrogens is 376 g/mol. The number of anilines is 1. The van der Waals surface area contributed by atoms with Gasteiger partial charge in [-0.05, 0) is 30.7 Å². The van der Waals surface area contributed by atoms with E-state index in [4.69, 9.17) is 15.2 Å². The zero-order chi connectivity index (χ0) is 19.7. The highest BCUT2D eigenvalue weighted by molar-refractivity contribution is 7.20. The Balaban J connectivity index is 1.59. The van der Waals surface area contributed by atoms with Crippen LogP contribution in [0.2, 0.25) is 0 Å². The molecule has 142 valence electrons. The summed E-state index contributed by atoms with van der Waals surface area (Å²) in [6.45, 7) is 1.76. The van der Waals surface area contributed by atoms with Gasteiger partial charge in [-0.15, -0.1) is 11.3 Å². The first-order valence-corrected chi connectivity index (χ1v) is 9.57. The fourth-order valence-electron chi connectivity index (χ4n) is 3.00. The predicted molar refractivity (Wildman–Crippen MR) is 108 cm³/mol. The Labute approximate surface area is 165 Å². The van der Waals surface area contributed by atoms with E-state index in [9.17, 15) is 9.59 Å². The lowest BCUT2D eigenvalue weighted by atomic mass is 10.1. The van der Waals surface area contributed by atoms with Crippen LogP contribution >= 0.6 is 11.3 Å². The number of thiophene rings is 1. The molecule has 2 aromatic carbocycles. The molecule has 2 amide bonds. The second-order valence-corrected chi connectivity index (χ2v) is 7.43. The van der Waals surface area contributed by atoms with Crippen LogP contribution in [0.4, 0.5) is 5.00 Å². The minimum Gasteiger partial charge on any atom is -0.482 e. The lowest BCUT2D eigenvalue weighted by Crippen LogP contribution is -2.46. The van der Waals surface area contributed by atoms with Crippen molar-refractivity contribution in [1.29, 1.82) is 0 Å². The highest BCUT2D eigenvalue weighted by Gasteiger charge is 2.34. The molecule has 6 nitrogen and oxygen atoms in total. The maximum absolute atomic E-state index is 12.8. The second-order valence-electron chi connectivity index (χ2n) is 6.38. The minimum atomic E-state index is -0.849. The number of rotatable bonds is 4. The smallest absolute Gasteiger partial charge is 0.269 e. The molecule has 0 unspecified atom stereocenters. The molecule has 1 aliphatic heterocycles. The number of nitrogens with one attached hydrogen (secondary N) is 1. The Morgan fingerprint density at radius 3 is 2.32 bits per heavy atom. The van der Waals surface area contributed by atoms with Gasteiger partial charge >= 0.3 is 0 Å². The highest BCUT2D eigenvalue weighted by atomic mass is 32.1. The molecular formula is C21H18N2O4S. The molecule has 0 aliphatic carbocycles. The van der Waals surface area contributed by atoms with Crippen molar-refractivity contribution in [2.45, 2.75) is 19.1 Å². The largest absolute Gasteiger partial charge is 0.482 e. The van der Waals surface area contributed by atoms with Crippen LogP contribution in [0.15, 0.2) is 60.7 Å². The van der Waals surface area contributed by atoms with E-state index in [-0.39, 0.29) is 5.56 Å². The SMILES string of the molecule is C[C@@H]1Oc2ccccc2O[C@H]1C(=O)Nc1sc(-c2ccccc2)cc1C(N)=O. The number of nitrogens with two attached hydrogens (primary N) is 1. The average molecular weight is 394 g/mol. The molecule has 0 radical (unpaired) electrons. The molecule has 0 saturated heterocycles. The normalized spacial score (nSPS) is 17.8. The van der Waals surface area contributed by atoms with Gasteiger partial charge in [-0.2, -0.15) is 0 Å². The van der Waals surface area contributed by atoms with Crippen molar-refractivity contribution in [3.05, 3.63) is 66.2 Å². The molecule has 0 spiro atoms. The first-order valence-electron chi connectivity index (χ1n) is 8.75. The average Bonchev–Trinajstić information content (AvgIpc) is 3.12. The van der Waals surface area contributed by atoms with E-state index in [1.165, 1.54) is 11.3 Å². The van der Waals surface area contributed by atoms with Gasteiger partial charge in [-0.1, -0.05) is 42.5 Å². The molecule has 1 aromatic heterocycles. The van der Waals surface area contributed by atoms with Crippen LogP contribution in [0.25, 0.3) is 10.4 Å². The zero-order valence-corrected chi connectivity index (χ0v) is 15.9. The summed E-state index contributed by atoms with van der Waals surface area (Å²) in [5.74, 6) is 0.102. The monoisotopic (exact) mass is 394 g/mol. The topological polar surface area (TPSA) is 90.7 Å². The number of hydrogen-bond donors (Lipinski definition) is 2. The van der Waals surface area contributed by atoms with Gasteiger partial charge in [0.1, 0.15) is 11.1 Å². The van der Waals surface area contributed by atoms with E-state index in [0.717, 1.165) is 10.4 Å². The van der Waals surface area contributed by atoms with Gasteiger partial charge < -0.3 is 20.5 Å². The second kappa shape index (κ2) is 7.36. The quantitative estimate of drug-likeness (QED) is 0.706. The summed E-state index contributed by atoms with van der Waals surface area (Å²) in [6, 6.07) is 18.5. The Bertz CT molecular complexity index is 1030. The lowest BCUT2D eigenvalue weighted by molar-refractivity contribution is -0.127. The van der Waals surface area contributed by atoms with Crippen molar-refractivity contribution >= 4 is 28.2 Å². The molecule has 7 heteroatoms. The number of hydrogen-bond acceptors (Lipinski definition) is 5. The van der Waals surface area contributed by atoms with Crippen LogP contribution in [-0.4, -0.2) is 24.0 Å². The van der Waals surface area contributed by atoms with Crippen LogP contribution in [0, 0.1) is 0 Å². The maximum atomic E-state index is 12.8. The van der Waals surface area contributed by atoms with Gasteiger partial charge in [0, 0.05) is 4.88 Å². The van der Waals surface area contributed by atoms with E-state index in [2.05, 4.69) is 5.32 Å². The van der Waals surface area contributed by atoms with Crippen LogP contribution in [0.1, 0.15) is 17.3 Å². The third kappa shape index (κ3) is 3.44. The number of primary amides is 1. The van der Waals surface area contributed by atoms with Gasteiger partial charge in [0.05, 0.1) is 5.56 Å². The molecule has 1 aliphatic rings. The van der Waals surface area contributed by atoms with Gasteiger partial charge in [-0.3, -0.25) is 9.59 Å². The number of carbonyl (C=O) groups is 2. The number of ether oxygens (including phenoxy) is 2. The van der Waals surface area contributed by atoms with E-state index in [0.29, 0.717) is 16.5 Å². The van der Waals surface area contributed by atoms with E-state index in [1.807, 2.05) is 42.5 Å². The first-order chi connectivity index (χ1) is 13.5. The lowest BCUT2D eigenvalue weighted by Gasteiger charge is -2.30. The summed E-state index contributed by atoms with van der Waals surface area (Å²) in [7, 11) is 0. The fraction of sp³-hybridized carbons (Fsp3) is 0.143. The Morgan fingerprint density at radius 1 is 1.00 bits per heavy atom. The van der Waals surface area contributed by atoms with E-state index in [1.54, 1.807) is 25.1 Å². The van der Waals surface area contributed by atoms with Crippen molar-refractivity contribution < 1.29 is 19.1 Å². The van der Waals surface area contributed by atoms with Crippen LogP contribution < -0.4 is 20.5 Å². The number of carbonyl (C=O) groups excluding carboxylic acids is 2. The number of amides is 2. The Kier molecular flexibility index (Phi) is 4.75. The number of benzene rings is 2. The summed E-state index contributed by atoms with van der Waals surface area (Å²) in [5, 5.41) is 3.18. The summed E-state index contributed by atoms with van der Waals surface area (Å²) >= 11 is 1.29. The molecule has 2 heterocycles. The molecule has 0 saturated carbocycles. The third-order valence-electron chi connectivity index (χ3n) is 4.39. The molecule has 0 bridgehead atoms. The molecule has 4 rings (SSSR count). The third-order valence-corrected chi connectivity index (χ3v) is 5.49. The maximum Gasteiger partial charge on any atom is 0.269 e. The zero-order valence-electron chi connectivity index (χ0n) is 15.0. The van der Waals surface area contributed by atoms with Gasteiger partial charge in [0.15, 0.2) is 11.5 Å². The molecule has 28 heavy (non-hydrogen) atoms. The summed E-state index contributed by atoms with van der Waals surface area (Å²) in [6.07, 6.45) is -1.33. The van der Waals surface area contributed by atoms with Crippen molar-refractivity contribution in [3.8, 4) is 21.9 Å². The van der Waals surface area contributed by atoms with Crippen molar-refractivity contribution in [3.63, 3.8) is 0 Å². The fourth-order valence-corrected chi connectivity index (χ4v) is 4.07. The summed E-state index contributed by atoms with van der Waals surface area (Å²) in [5.41, 5.74) is 6.72. The van der Waals surface area contributed by atoms with Crippen molar-refractivity contribution in [2.75, 3.05) is 5.32 Å². The molecule has 3 N–H and O–H groups in total. The number of para-hydroxylation sites is 2. The molecule has 2 atom stereocenters. The summed E-state index contributed by atoms with van der Waals surface area (Å²) < 4.78 is 11.6. The van der Waals surface area contributed by atoms with Crippen LogP contribution in [0.3, 0.4) is 0 Å². The Morgan fingerprint density at radius 2 is 1.64 bits per heavy atom. The Hall–Kier alpha value is -3.32. The molecule has 3 aromatic rings. The minimum absolute atomic E-state index is 0.266. The van der Waals surface area contributed by atoms with E-state index >= 15 is 0 Å². The van der Waals surface area contributed by atoms with E-state index < -0.39 is 24.0 Å². The van der Waals surface area contributed by atoms with Crippen molar-refractivity contribution in [1.82, 2.24) is 0 Å². The first kappa shape index (κ1) is 18.1. The van der Waals surface area contributed by atoms with Crippen molar-refractivity contribution in [2.24, 2.45) is 5.73 Å².